The Kier molecular flexibility index (Phi) is 6.81. The van der Waals surface area contributed by atoms with Gasteiger partial charge < -0.3 is 21.3 Å². The lowest BCUT2D eigenvalue weighted by Crippen LogP contribution is -2.24. The van der Waals surface area contributed by atoms with E-state index in [-0.39, 0.29) is 0 Å². The molecule has 2 aliphatic carbocycles. The second-order valence-electron chi connectivity index (χ2n) is 11.7. The Morgan fingerprint density at radius 1 is 0.725 bits per heavy atom. The highest BCUT2D eigenvalue weighted by Crippen LogP contribution is 2.40. The Hall–Kier alpha value is -3.62. The Bertz CT molecular complexity index is 1510. The van der Waals surface area contributed by atoms with Gasteiger partial charge >= 0.3 is 0 Å². The molecule has 40 heavy (non-hydrogen) atoms. The van der Waals surface area contributed by atoms with Gasteiger partial charge in [0.25, 0.3) is 0 Å². The first-order valence-electron chi connectivity index (χ1n) is 14.9. The highest BCUT2D eigenvalue weighted by atomic mass is 15.4. The van der Waals surface area contributed by atoms with Crippen molar-refractivity contribution >= 4 is 23.0 Å². The van der Waals surface area contributed by atoms with E-state index >= 15 is 0 Å². The number of hydrogen-bond donors (Lipinski definition) is 4. The number of hydrogen-bond acceptors (Lipinski definition) is 6. The van der Waals surface area contributed by atoms with Gasteiger partial charge in [-0.2, -0.15) is 10.2 Å². The Morgan fingerprint density at radius 3 is 2.02 bits per heavy atom. The molecule has 8 rings (SSSR count). The summed E-state index contributed by atoms with van der Waals surface area (Å²) in [7, 11) is 0. The molecule has 2 aromatic carbocycles. The van der Waals surface area contributed by atoms with E-state index in [0.29, 0.717) is 12.1 Å². The van der Waals surface area contributed by atoms with E-state index in [1.54, 1.807) is 0 Å². The molecule has 0 saturated heterocycles. The Balaban J connectivity index is 0.000000132. The van der Waals surface area contributed by atoms with Crippen LogP contribution in [0.4, 0.5) is 23.0 Å². The molecule has 4 aliphatic rings. The molecular weight excluding hydrogens is 496 g/mol. The number of benzene rings is 2. The molecule has 8 nitrogen and oxygen atoms in total. The van der Waals surface area contributed by atoms with Crippen molar-refractivity contribution in [3.63, 3.8) is 0 Å². The highest BCUT2D eigenvalue weighted by molar-refractivity contribution is 5.63. The summed E-state index contributed by atoms with van der Waals surface area (Å²) in [6.45, 7) is 8.20. The van der Waals surface area contributed by atoms with Crippen LogP contribution >= 0.6 is 0 Å². The Morgan fingerprint density at radius 2 is 1.35 bits per heavy atom. The molecule has 0 amide bonds. The zero-order valence-corrected chi connectivity index (χ0v) is 23.6. The summed E-state index contributed by atoms with van der Waals surface area (Å²) in [4.78, 5) is 0. The molecule has 208 valence electrons. The van der Waals surface area contributed by atoms with E-state index in [1.807, 2.05) is 0 Å². The second kappa shape index (κ2) is 10.7. The maximum Gasteiger partial charge on any atom is 0.157 e. The van der Waals surface area contributed by atoms with E-state index in [9.17, 15) is 0 Å². The molecular formula is C32H40N8. The standard InChI is InChI=1S/2C16H20N4/c1-11-3-2-4-12(9-11)18-16-14-10-17-8-7-15(14)20(19-16)13-5-6-13;1-11-3-2-4-12(9-11)18-16-14-10-17-8-7-15(14)19-20(16)13-5-6-13/h2-4,9,13,17H,5-8,10H2,1H3,(H,18,19);2-4,9,13,17-18H,5-8,10H2,1H3. The number of aromatic nitrogens is 4. The maximum atomic E-state index is 4.85. The maximum absolute atomic E-state index is 4.85. The van der Waals surface area contributed by atoms with Crippen molar-refractivity contribution in [2.45, 2.75) is 77.5 Å². The van der Waals surface area contributed by atoms with Crippen molar-refractivity contribution in [2.75, 3.05) is 23.7 Å². The van der Waals surface area contributed by atoms with Gasteiger partial charge in [0.15, 0.2) is 5.82 Å². The first-order chi connectivity index (χ1) is 19.6. The van der Waals surface area contributed by atoms with E-state index in [1.165, 1.54) is 65.1 Å². The van der Waals surface area contributed by atoms with Crippen molar-refractivity contribution < 1.29 is 0 Å². The first-order valence-corrected chi connectivity index (χ1v) is 14.9. The molecule has 0 unspecified atom stereocenters. The van der Waals surface area contributed by atoms with Crippen LogP contribution in [0.3, 0.4) is 0 Å². The fourth-order valence-electron chi connectivity index (χ4n) is 5.85. The Labute approximate surface area is 236 Å². The predicted molar refractivity (Wildman–Crippen MR) is 161 cm³/mol. The average Bonchev–Trinajstić information content (AvgIpc) is 3.91. The van der Waals surface area contributed by atoms with E-state index < -0.39 is 0 Å². The minimum atomic E-state index is 0.605. The third-order valence-corrected chi connectivity index (χ3v) is 8.24. The summed E-state index contributed by atoms with van der Waals surface area (Å²) < 4.78 is 4.49. The van der Waals surface area contributed by atoms with Crippen LogP contribution in [0.2, 0.25) is 0 Å². The summed E-state index contributed by atoms with van der Waals surface area (Å²) in [6, 6.07) is 18.3. The monoisotopic (exact) mass is 536 g/mol. The van der Waals surface area contributed by atoms with Gasteiger partial charge in [0.05, 0.1) is 17.8 Å². The smallest absolute Gasteiger partial charge is 0.157 e. The van der Waals surface area contributed by atoms with Crippen LogP contribution < -0.4 is 21.3 Å². The molecule has 8 heteroatoms. The summed E-state index contributed by atoms with van der Waals surface area (Å²) in [5.74, 6) is 2.23. The number of aryl methyl sites for hydroxylation is 2. The minimum Gasteiger partial charge on any atom is -0.340 e. The molecule has 2 saturated carbocycles. The predicted octanol–water partition coefficient (Wildman–Crippen LogP) is 5.83. The lowest BCUT2D eigenvalue weighted by molar-refractivity contribution is 0.562. The van der Waals surface area contributed by atoms with Gasteiger partial charge in [0.2, 0.25) is 0 Å². The van der Waals surface area contributed by atoms with Crippen LogP contribution in [0, 0.1) is 13.8 Å². The SMILES string of the molecule is Cc1cccc(Nc2c3c(nn2C2CC2)CCNC3)c1.Cc1cccc(Nc2nn(C3CC3)c3c2CNCC3)c1. The van der Waals surface area contributed by atoms with Crippen LogP contribution in [0.25, 0.3) is 0 Å². The van der Waals surface area contributed by atoms with E-state index in [2.05, 4.69) is 93.0 Å². The molecule has 0 bridgehead atoms. The summed E-state index contributed by atoms with van der Waals surface area (Å²) in [6.07, 6.45) is 7.22. The van der Waals surface area contributed by atoms with Crippen LogP contribution in [-0.4, -0.2) is 32.7 Å². The number of fused-ring (bicyclic) bond motifs is 2. The van der Waals surface area contributed by atoms with Crippen molar-refractivity contribution in [2.24, 2.45) is 0 Å². The largest absolute Gasteiger partial charge is 0.340 e. The molecule has 0 spiro atoms. The van der Waals surface area contributed by atoms with Crippen molar-refractivity contribution in [1.29, 1.82) is 0 Å². The van der Waals surface area contributed by atoms with Gasteiger partial charge in [-0.15, -0.1) is 0 Å². The van der Waals surface area contributed by atoms with Crippen LogP contribution in [-0.2, 0) is 25.9 Å². The molecule has 2 aliphatic heterocycles. The molecule has 0 radical (unpaired) electrons. The van der Waals surface area contributed by atoms with Crippen molar-refractivity contribution in [1.82, 2.24) is 30.2 Å². The fraction of sp³-hybridized carbons (Fsp3) is 0.438. The van der Waals surface area contributed by atoms with Gasteiger partial charge in [-0.05, 0) is 74.9 Å². The van der Waals surface area contributed by atoms with Gasteiger partial charge in [0, 0.05) is 67.2 Å². The second-order valence-corrected chi connectivity index (χ2v) is 11.7. The number of rotatable bonds is 6. The first kappa shape index (κ1) is 25.4. The lowest BCUT2D eigenvalue weighted by atomic mass is 10.1. The van der Waals surface area contributed by atoms with Crippen molar-refractivity contribution in [3.05, 3.63) is 82.2 Å². The number of anilines is 4. The lowest BCUT2D eigenvalue weighted by Gasteiger charge is -2.15. The molecule has 0 atom stereocenters. The summed E-state index contributed by atoms with van der Waals surface area (Å²) >= 11 is 0. The fourth-order valence-corrected chi connectivity index (χ4v) is 5.85. The zero-order chi connectivity index (χ0) is 27.1. The zero-order valence-electron chi connectivity index (χ0n) is 23.6. The van der Waals surface area contributed by atoms with Crippen molar-refractivity contribution in [3.8, 4) is 0 Å². The average molecular weight is 537 g/mol. The van der Waals surface area contributed by atoms with Crippen LogP contribution in [0.5, 0.6) is 0 Å². The molecule has 2 fully saturated rings. The summed E-state index contributed by atoms with van der Waals surface area (Å²) in [5, 5.41) is 23.7. The van der Waals surface area contributed by atoms with Gasteiger partial charge in [-0.1, -0.05) is 24.3 Å². The van der Waals surface area contributed by atoms with Gasteiger partial charge in [-0.25, -0.2) is 4.68 Å². The quantitative estimate of drug-likeness (QED) is 0.248. The third-order valence-electron chi connectivity index (χ3n) is 8.24. The third kappa shape index (κ3) is 5.38. The van der Waals surface area contributed by atoms with Gasteiger partial charge in [-0.3, -0.25) is 4.68 Å². The summed E-state index contributed by atoms with van der Waals surface area (Å²) in [5.41, 5.74) is 10.2. The molecule has 2 aromatic heterocycles. The minimum absolute atomic E-state index is 0.605. The van der Waals surface area contributed by atoms with Gasteiger partial charge in [0.1, 0.15) is 5.82 Å². The van der Waals surface area contributed by atoms with Crippen LogP contribution in [0.1, 0.15) is 71.4 Å². The number of nitrogens with zero attached hydrogens (tertiary/aromatic N) is 4. The van der Waals surface area contributed by atoms with E-state index in [0.717, 1.165) is 56.2 Å². The molecule has 4 aromatic rings. The topological polar surface area (TPSA) is 83.8 Å². The normalized spacial score (nSPS) is 17.9. The molecule has 4 N–H and O–H groups in total. The molecule has 4 heterocycles. The van der Waals surface area contributed by atoms with E-state index in [4.69, 9.17) is 10.2 Å². The highest BCUT2D eigenvalue weighted by Gasteiger charge is 2.32. The number of nitrogens with one attached hydrogen (secondary N) is 4. The van der Waals surface area contributed by atoms with Crippen LogP contribution in [0.15, 0.2) is 48.5 Å².